The first-order valence-electron chi connectivity index (χ1n) is 9.72. The van der Waals surface area contributed by atoms with Gasteiger partial charge in [-0.3, -0.25) is 14.4 Å². The van der Waals surface area contributed by atoms with Crippen molar-refractivity contribution in [2.75, 3.05) is 11.9 Å². The summed E-state index contributed by atoms with van der Waals surface area (Å²) in [5, 5.41) is 7.40. The van der Waals surface area contributed by atoms with Gasteiger partial charge in [0, 0.05) is 19.6 Å². The van der Waals surface area contributed by atoms with E-state index in [2.05, 4.69) is 15.3 Å². The van der Waals surface area contributed by atoms with E-state index in [0.29, 0.717) is 19.1 Å². The van der Waals surface area contributed by atoms with E-state index in [9.17, 15) is 9.18 Å². The predicted octanol–water partition coefficient (Wildman–Crippen LogP) is 3.95. The van der Waals surface area contributed by atoms with Crippen LogP contribution in [-0.2, 0) is 18.4 Å². The fraction of sp³-hybridized carbons (Fsp3) is 0.524. The Bertz CT molecular complexity index is 778. The van der Waals surface area contributed by atoms with Gasteiger partial charge in [0.2, 0.25) is 5.91 Å². The van der Waals surface area contributed by atoms with Crippen molar-refractivity contribution in [2.24, 2.45) is 7.05 Å². The van der Waals surface area contributed by atoms with Gasteiger partial charge in [0.05, 0.1) is 23.6 Å². The highest BCUT2D eigenvalue weighted by molar-refractivity contribution is 5.93. The number of carbonyl (C=O) groups excluding carboxylic acids is 1. The Balaban J connectivity index is 1.71. The molecule has 3 rings (SSSR count). The van der Waals surface area contributed by atoms with Gasteiger partial charge in [0.15, 0.2) is 0 Å². The molecule has 0 aliphatic heterocycles. The lowest BCUT2D eigenvalue weighted by molar-refractivity contribution is -0.118. The van der Waals surface area contributed by atoms with E-state index < -0.39 is 0 Å². The summed E-state index contributed by atoms with van der Waals surface area (Å²) < 4.78 is 15.0. The van der Waals surface area contributed by atoms with Crippen molar-refractivity contribution in [3.05, 3.63) is 47.0 Å². The first-order valence-corrected chi connectivity index (χ1v) is 9.72. The second-order valence-corrected chi connectivity index (χ2v) is 7.54. The normalized spacial score (nSPS) is 15.3. The number of carbonyl (C=O) groups is 1. The van der Waals surface area contributed by atoms with Gasteiger partial charge in [-0.1, -0.05) is 31.4 Å². The maximum absolute atomic E-state index is 13.2. The largest absolute Gasteiger partial charge is 0.322 e. The lowest BCUT2D eigenvalue weighted by Crippen LogP contribution is -2.41. The molecular formula is C21H29FN4O. The summed E-state index contributed by atoms with van der Waals surface area (Å²) in [6.45, 7) is 4.84. The SMILES string of the molecule is Cc1nn(C)c(C)c1NC(=O)CN(Cc1ccc(F)cc1)C1CCCCC1. The minimum Gasteiger partial charge on any atom is -0.322 e. The Labute approximate surface area is 160 Å². The number of aromatic nitrogens is 2. The summed E-state index contributed by atoms with van der Waals surface area (Å²) in [6, 6.07) is 6.97. The van der Waals surface area contributed by atoms with Crippen LogP contribution in [0.3, 0.4) is 0 Å². The van der Waals surface area contributed by atoms with E-state index in [1.165, 1.54) is 31.4 Å². The average molecular weight is 372 g/mol. The zero-order valence-electron chi connectivity index (χ0n) is 16.5. The molecule has 1 amide bonds. The number of amides is 1. The van der Waals surface area contributed by atoms with Gasteiger partial charge in [-0.2, -0.15) is 5.10 Å². The minimum atomic E-state index is -0.233. The molecule has 2 aromatic rings. The number of aryl methyl sites for hydroxylation is 2. The summed E-state index contributed by atoms with van der Waals surface area (Å²) in [4.78, 5) is 15.0. The molecule has 27 heavy (non-hydrogen) atoms. The summed E-state index contributed by atoms with van der Waals surface area (Å²) in [6.07, 6.45) is 5.89. The third-order valence-corrected chi connectivity index (χ3v) is 5.51. The van der Waals surface area contributed by atoms with Crippen LogP contribution in [0.1, 0.15) is 49.1 Å². The zero-order valence-corrected chi connectivity index (χ0v) is 16.5. The fourth-order valence-corrected chi connectivity index (χ4v) is 3.90. The molecule has 6 heteroatoms. The first-order chi connectivity index (χ1) is 12.9. The second-order valence-electron chi connectivity index (χ2n) is 7.54. The minimum absolute atomic E-state index is 0.0260. The van der Waals surface area contributed by atoms with Crippen LogP contribution in [0.15, 0.2) is 24.3 Å². The van der Waals surface area contributed by atoms with Gasteiger partial charge in [0.1, 0.15) is 5.82 Å². The monoisotopic (exact) mass is 372 g/mol. The molecule has 0 saturated heterocycles. The molecule has 0 bridgehead atoms. The third-order valence-electron chi connectivity index (χ3n) is 5.51. The van der Waals surface area contributed by atoms with Crippen LogP contribution in [0, 0.1) is 19.7 Å². The molecular weight excluding hydrogens is 343 g/mol. The van der Waals surface area contributed by atoms with Crippen LogP contribution in [0.25, 0.3) is 0 Å². The van der Waals surface area contributed by atoms with Crippen LogP contribution >= 0.6 is 0 Å². The van der Waals surface area contributed by atoms with E-state index in [1.807, 2.05) is 20.9 Å². The molecule has 5 nitrogen and oxygen atoms in total. The Morgan fingerprint density at radius 2 is 1.89 bits per heavy atom. The second kappa shape index (κ2) is 8.65. The Morgan fingerprint density at radius 3 is 2.48 bits per heavy atom. The number of rotatable bonds is 6. The van der Waals surface area contributed by atoms with Gasteiger partial charge >= 0.3 is 0 Å². The van der Waals surface area contributed by atoms with Crippen molar-refractivity contribution < 1.29 is 9.18 Å². The van der Waals surface area contributed by atoms with Crippen LogP contribution in [0.2, 0.25) is 0 Å². The highest BCUT2D eigenvalue weighted by atomic mass is 19.1. The third kappa shape index (κ3) is 4.95. The summed E-state index contributed by atoms with van der Waals surface area (Å²) in [7, 11) is 1.88. The van der Waals surface area contributed by atoms with Gasteiger partial charge in [0.25, 0.3) is 0 Å². The molecule has 1 fully saturated rings. The summed E-state index contributed by atoms with van der Waals surface area (Å²) in [5.41, 5.74) is 3.60. The summed E-state index contributed by atoms with van der Waals surface area (Å²) in [5.74, 6) is -0.259. The first kappa shape index (κ1) is 19.5. The zero-order chi connectivity index (χ0) is 19.4. The quantitative estimate of drug-likeness (QED) is 0.835. The van der Waals surface area contributed by atoms with Crippen molar-refractivity contribution in [1.29, 1.82) is 0 Å². The van der Waals surface area contributed by atoms with E-state index in [4.69, 9.17) is 0 Å². The smallest absolute Gasteiger partial charge is 0.238 e. The topological polar surface area (TPSA) is 50.2 Å². The molecule has 0 radical (unpaired) electrons. The number of anilines is 1. The van der Waals surface area contributed by atoms with Crippen LogP contribution in [0.5, 0.6) is 0 Å². The van der Waals surface area contributed by atoms with E-state index >= 15 is 0 Å². The van der Waals surface area contributed by atoms with E-state index in [-0.39, 0.29) is 11.7 Å². The Hall–Kier alpha value is -2.21. The molecule has 1 aromatic carbocycles. The molecule has 0 atom stereocenters. The summed E-state index contributed by atoms with van der Waals surface area (Å²) >= 11 is 0. The van der Waals surface area contributed by atoms with Gasteiger partial charge in [-0.15, -0.1) is 0 Å². The molecule has 1 aromatic heterocycles. The maximum Gasteiger partial charge on any atom is 0.238 e. The van der Waals surface area contributed by atoms with Crippen molar-refractivity contribution >= 4 is 11.6 Å². The highest BCUT2D eigenvalue weighted by Gasteiger charge is 2.24. The van der Waals surface area contributed by atoms with E-state index in [0.717, 1.165) is 35.5 Å². The predicted molar refractivity (Wildman–Crippen MR) is 105 cm³/mol. The van der Waals surface area contributed by atoms with Crippen LogP contribution in [-0.4, -0.2) is 33.2 Å². The molecule has 1 aliphatic rings. The van der Waals surface area contributed by atoms with Crippen LogP contribution < -0.4 is 5.32 Å². The number of nitrogens with zero attached hydrogens (tertiary/aromatic N) is 3. The fourth-order valence-electron chi connectivity index (χ4n) is 3.90. The standard InChI is InChI=1S/C21H29FN4O/c1-15-21(16(2)25(3)24-15)23-20(27)14-26(19-7-5-4-6-8-19)13-17-9-11-18(22)12-10-17/h9-12,19H,4-8,13-14H2,1-3H3,(H,23,27). The molecule has 1 heterocycles. The average Bonchev–Trinajstić information content (AvgIpc) is 2.90. The van der Waals surface area contributed by atoms with Crippen molar-refractivity contribution in [3.8, 4) is 0 Å². The Kier molecular flexibility index (Phi) is 6.26. The molecule has 146 valence electrons. The number of hydrogen-bond acceptors (Lipinski definition) is 3. The number of halogens is 1. The molecule has 0 unspecified atom stereocenters. The lowest BCUT2D eigenvalue weighted by atomic mass is 9.93. The lowest BCUT2D eigenvalue weighted by Gasteiger charge is -2.34. The maximum atomic E-state index is 13.2. The van der Waals surface area contributed by atoms with Gasteiger partial charge in [-0.05, 0) is 44.4 Å². The molecule has 1 aliphatic carbocycles. The highest BCUT2D eigenvalue weighted by Crippen LogP contribution is 2.25. The van der Waals surface area contributed by atoms with Crippen molar-refractivity contribution in [2.45, 2.75) is 58.5 Å². The van der Waals surface area contributed by atoms with Crippen LogP contribution in [0.4, 0.5) is 10.1 Å². The number of benzene rings is 1. The van der Waals surface area contributed by atoms with Crippen molar-refractivity contribution in [1.82, 2.24) is 14.7 Å². The Morgan fingerprint density at radius 1 is 1.22 bits per heavy atom. The van der Waals surface area contributed by atoms with E-state index in [1.54, 1.807) is 16.8 Å². The van der Waals surface area contributed by atoms with Gasteiger partial charge in [-0.25, -0.2) is 4.39 Å². The van der Waals surface area contributed by atoms with Crippen molar-refractivity contribution in [3.63, 3.8) is 0 Å². The van der Waals surface area contributed by atoms with Gasteiger partial charge < -0.3 is 5.32 Å². The molecule has 1 saturated carbocycles. The molecule has 0 spiro atoms. The molecule has 1 N–H and O–H groups in total. The number of nitrogens with one attached hydrogen (secondary N) is 1. The number of hydrogen-bond donors (Lipinski definition) is 1.